The Labute approximate surface area is 32.8 Å². The SMILES string of the molecule is O=C(F)F.[C]F. The second kappa shape index (κ2) is 8.82. The van der Waals surface area contributed by atoms with E-state index in [1.165, 1.54) is 0 Å². The first kappa shape index (κ1) is 9.07. The van der Waals surface area contributed by atoms with Crippen LogP contribution in [-0.4, -0.2) is 6.29 Å². The summed E-state index contributed by atoms with van der Waals surface area (Å²) >= 11 is 0. The van der Waals surface area contributed by atoms with Gasteiger partial charge in [-0.05, 0) is 0 Å². The molecule has 0 N–H and O–H groups in total. The molecule has 0 aliphatic carbocycles. The highest BCUT2D eigenvalue weighted by molar-refractivity contribution is 5.55. The maximum Gasteiger partial charge on any atom is 0.483 e. The van der Waals surface area contributed by atoms with Gasteiger partial charge in [-0.2, -0.15) is 0 Å². The minimum atomic E-state index is -2.83. The van der Waals surface area contributed by atoms with E-state index in [2.05, 4.69) is 7.18 Å². The highest BCUT2D eigenvalue weighted by atomic mass is 19.3. The van der Waals surface area contributed by atoms with Gasteiger partial charge in [0.15, 0.2) is 0 Å². The lowest BCUT2D eigenvalue weighted by Crippen LogP contribution is -1.54. The lowest BCUT2D eigenvalue weighted by molar-refractivity contribution is 0.199. The lowest BCUT2D eigenvalue weighted by atomic mass is 11.6. The van der Waals surface area contributed by atoms with Crippen molar-refractivity contribution in [3.63, 3.8) is 0 Å². The molecule has 0 saturated heterocycles. The van der Waals surface area contributed by atoms with Gasteiger partial charge in [0.1, 0.15) is 0 Å². The normalized spacial score (nSPS) is 5.33. The smallest absolute Gasteiger partial charge is 0.232 e. The molecule has 0 unspecified atom stereocenters. The van der Waals surface area contributed by atoms with E-state index in [1.54, 1.807) is 0 Å². The molecule has 0 atom stereocenters. The van der Waals surface area contributed by atoms with Gasteiger partial charge in [0, 0.05) is 0 Å². The number of carbonyl (C=O) groups is 1. The van der Waals surface area contributed by atoms with E-state index in [1.807, 2.05) is 0 Å². The fourth-order valence-electron chi connectivity index (χ4n) is 0. The predicted molar refractivity (Wildman–Crippen MR) is 12.0 cm³/mol. The van der Waals surface area contributed by atoms with Crippen LogP contribution in [0.1, 0.15) is 0 Å². The van der Waals surface area contributed by atoms with E-state index in [9.17, 15) is 8.78 Å². The molecular formula is C2F3O. The van der Waals surface area contributed by atoms with Crippen molar-refractivity contribution in [1.29, 1.82) is 0 Å². The van der Waals surface area contributed by atoms with Crippen molar-refractivity contribution in [2.24, 2.45) is 0 Å². The quantitative estimate of drug-likeness (QED) is 0.419. The van der Waals surface area contributed by atoms with Crippen molar-refractivity contribution in [3.8, 4) is 0 Å². The lowest BCUT2D eigenvalue weighted by Gasteiger charge is -1.45. The minimum Gasteiger partial charge on any atom is -0.232 e. The fraction of sp³-hybridized carbons (Fsp3) is 0. The molecule has 0 saturated carbocycles. The summed E-state index contributed by atoms with van der Waals surface area (Å²) in [7, 11) is 4.25. The molecule has 0 amide bonds. The zero-order valence-corrected chi connectivity index (χ0v) is 2.54. The summed E-state index contributed by atoms with van der Waals surface area (Å²) in [5.74, 6) is 0. The van der Waals surface area contributed by atoms with E-state index >= 15 is 0 Å². The molecule has 0 spiro atoms. The standard InChI is InChI=1S/CF2O.CF/c2-1(3)4;1-2. The van der Waals surface area contributed by atoms with Crippen LogP contribution < -0.4 is 0 Å². The van der Waals surface area contributed by atoms with Crippen LogP contribution in [0.25, 0.3) is 0 Å². The monoisotopic (exact) mass is 97.0 g/mol. The summed E-state index contributed by atoms with van der Waals surface area (Å²) in [5, 5.41) is 0. The first-order valence-electron chi connectivity index (χ1n) is 0.771. The van der Waals surface area contributed by atoms with Crippen LogP contribution in [0.4, 0.5) is 18.0 Å². The average molecular weight is 97.0 g/mol. The molecule has 0 heterocycles. The summed E-state index contributed by atoms with van der Waals surface area (Å²) in [6.07, 6.45) is -2.83. The number of hydrogen-bond donors (Lipinski definition) is 0. The Balaban J connectivity index is 0. The zero-order valence-electron chi connectivity index (χ0n) is 2.54. The van der Waals surface area contributed by atoms with Crippen LogP contribution in [0.3, 0.4) is 0 Å². The minimum absolute atomic E-state index is 2.83. The zero-order chi connectivity index (χ0) is 5.58. The summed E-state index contributed by atoms with van der Waals surface area (Å²) in [5.41, 5.74) is 0. The molecule has 4 heteroatoms. The number of halogens is 3. The number of carbonyl (C=O) groups excluding carboxylic acids is 1. The van der Waals surface area contributed by atoms with Gasteiger partial charge in [0.25, 0.3) is 0 Å². The maximum atomic E-state index is 9.69. The van der Waals surface area contributed by atoms with Crippen molar-refractivity contribution in [3.05, 3.63) is 7.18 Å². The van der Waals surface area contributed by atoms with Crippen LogP contribution in [0.2, 0.25) is 0 Å². The van der Waals surface area contributed by atoms with Crippen molar-refractivity contribution in [1.82, 2.24) is 0 Å². The maximum absolute atomic E-state index is 9.69. The van der Waals surface area contributed by atoms with Gasteiger partial charge in [-0.3, -0.25) is 0 Å². The molecule has 3 radical (unpaired) electrons. The van der Waals surface area contributed by atoms with Gasteiger partial charge in [0.05, 0.1) is 0 Å². The van der Waals surface area contributed by atoms with Gasteiger partial charge in [-0.25, -0.2) is 9.18 Å². The molecule has 0 aromatic rings. The highest BCUT2D eigenvalue weighted by Gasteiger charge is 1.78. The molecule has 0 fully saturated rings. The van der Waals surface area contributed by atoms with E-state index in [0.717, 1.165) is 0 Å². The van der Waals surface area contributed by atoms with Gasteiger partial charge in [0.2, 0.25) is 7.18 Å². The summed E-state index contributed by atoms with van der Waals surface area (Å²) in [4.78, 5) is 8.11. The Kier molecular flexibility index (Phi) is 13.3. The first-order valence-corrected chi connectivity index (χ1v) is 0.771. The van der Waals surface area contributed by atoms with Crippen LogP contribution in [0.15, 0.2) is 0 Å². The molecule has 0 aliphatic rings. The Hall–Kier alpha value is -0.540. The molecule has 0 bridgehead atoms. The van der Waals surface area contributed by atoms with Crippen molar-refractivity contribution in [2.45, 2.75) is 0 Å². The second-order valence-corrected chi connectivity index (χ2v) is 0.226. The Morgan fingerprint density at radius 1 is 1.33 bits per heavy atom. The topological polar surface area (TPSA) is 17.1 Å². The fourth-order valence-corrected chi connectivity index (χ4v) is 0. The van der Waals surface area contributed by atoms with Gasteiger partial charge in [-0.15, -0.1) is 8.78 Å². The predicted octanol–water partition coefficient (Wildman–Crippen LogP) is 1.55. The Bertz CT molecular complexity index is 31.8. The Morgan fingerprint density at radius 2 is 1.33 bits per heavy atom. The van der Waals surface area contributed by atoms with Gasteiger partial charge in [-0.1, -0.05) is 0 Å². The molecule has 0 aliphatic heterocycles. The third kappa shape index (κ3) is 71.8. The van der Waals surface area contributed by atoms with E-state index in [4.69, 9.17) is 9.18 Å². The highest BCUT2D eigenvalue weighted by Crippen LogP contribution is 1.70. The van der Waals surface area contributed by atoms with Gasteiger partial charge >= 0.3 is 6.29 Å². The summed E-state index contributed by atoms with van der Waals surface area (Å²) in [6, 6.07) is 0. The molecule has 35 valence electrons. The largest absolute Gasteiger partial charge is 0.483 e. The van der Waals surface area contributed by atoms with Gasteiger partial charge < -0.3 is 0 Å². The van der Waals surface area contributed by atoms with Crippen molar-refractivity contribution in [2.75, 3.05) is 0 Å². The second-order valence-electron chi connectivity index (χ2n) is 0.226. The third-order valence-electron chi connectivity index (χ3n) is 0. The average Bonchev–Trinajstić information content (AvgIpc) is 1.41. The summed E-state index contributed by atoms with van der Waals surface area (Å²) in [6.45, 7) is 0. The molecule has 0 aromatic heterocycles. The first-order chi connectivity index (χ1) is 2.73. The van der Waals surface area contributed by atoms with Crippen molar-refractivity contribution < 1.29 is 18.0 Å². The molecule has 0 aromatic carbocycles. The van der Waals surface area contributed by atoms with Crippen molar-refractivity contribution >= 4 is 6.29 Å². The third-order valence-corrected chi connectivity index (χ3v) is 0. The number of rotatable bonds is 0. The van der Waals surface area contributed by atoms with Crippen LogP contribution in [0.5, 0.6) is 0 Å². The van der Waals surface area contributed by atoms with E-state index < -0.39 is 6.29 Å². The van der Waals surface area contributed by atoms with E-state index in [0.29, 0.717) is 0 Å². The Morgan fingerprint density at radius 3 is 1.33 bits per heavy atom. The van der Waals surface area contributed by atoms with E-state index in [-0.39, 0.29) is 0 Å². The molecule has 1 nitrogen and oxygen atoms in total. The van der Waals surface area contributed by atoms with Crippen LogP contribution in [0, 0.1) is 7.18 Å². The molecule has 0 rings (SSSR count). The molecular weight excluding hydrogens is 97.0 g/mol. The van der Waals surface area contributed by atoms with Crippen LogP contribution >= 0.6 is 0 Å². The number of hydrogen-bond acceptors (Lipinski definition) is 1. The summed E-state index contributed by atoms with van der Waals surface area (Å²) < 4.78 is 28.1. The molecule has 6 heavy (non-hydrogen) atoms. The van der Waals surface area contributed by atoms with Crippen LogP contribution in [-0.2, 0) is 0 Å².